The van der Waals surface area contributed by atoms with Gasteiger partial charge in [-0.3, -0.25) is 4.79 Å². The van der Waals surface area contributed by atoms with Crippen LogP contribution in [0.15, 0.2) is 34.0 Å². The first-order valence-electron chi connectivity index (χ1n) is 8.54. The Morgan fingerprint density at radius 2 is 1.93 bits per heavy atom. The van der Waals surface area contributed by atoms with Crippen molar-refractivity contribution in [2.75, 3.05) is 5.73 Å². The summed E-state index contributed by atoms with van der Waals surface area (Å²) in [5, 5.41) is 18.5. The summed E-state index contributed by atoms with van der Waals surface area (Å²) in [6.07, 6.45) is -3.65. The highest BCUT2D eigenvalue weighted by molar-refractivity contribution is 5.94. The Hall–Kier alpha value is -3.77. The van der Waals surface area contributed by atoms with Crippen molar-refractivity contribution in [1.82, 2.24) is 30.7 Å². The topological polar surface area (TPSA) is 137 Å². The minimum atomic E-state index is -4.56. The monoisotopic (exact) mass is 422 g/mol. The number of nitrogen functional groups attached to an aromatic ring is 1. The Kier molecular flexibility index (Phi) is 5.29. The van der Waals surface area contributed by atoms with Crippen LogP contribution in [0.2, 0.25) is 0 Å². The van der Waals surface area contributed by atoms with Crippen LogP contribution in [0.4, 0.5) is 19.0 Å². The molecule has 0 aliphatic heterocycles. The molecule has 13 heteroatoms. The fourth-order valence-electron chi connectivity index (χ4n) is 2.67. The summed E-state index contributed by atoms with van der Waals surface area (Å²) in [4.78, 5) is 12.6. The molecule has 2 aromatic heterocycles. The highest BCUT2D eigenvalue weighted by Crippen LogP contribution is 2.31. The van der Waals surface area contributed by atoms with Crippen LogP contribution in [-0.2, 0) is 11.6 Å². The van der Waals surface area contributed by atoms with Gasteiger partial charge in [-0.1, -0.05) is 44.2 Å². The zero-order chi connectivity index (χ0) is 22.1. The molecule has 2 heterocycles. The van der Waals surface area contributed by atoms with E-state index in [1.807, 2.05) is 0 Å². The number of hydrazone groups is 1. The summed E-state index contributed by atoms with van der Waals surface area (Å²) in [7, 11) is 0. The van der Waals surface area contributed by atoms with Crippen molar-refractivity contribution in [3.63, 3.8) is 0 Å². The average molecular weight is 422 g/mol. The third kappa shape index (κ3) is 4.14. The zero-order valence-corrected chi connectivity index (χ0v) is 16.1. The largest absolute Gasteiger partial charge is 0.417 e. The first-order valence-corrected chi connectivity index (χ1v) is 8.54. The molecule has 3 N–H and O–H groups in total. The SMILES string of the molecule is CC(C)(C)c1c(C(=O)N/N=C\c2ccccc2C(F)(F)F)nnn1-c1nonc1N. The summed E-state index contributed by atoms with van der Waals surface area (Å²) < 4.78 is 44.9. The predicted octanol–water partition coefficient (Wildman–Crippen LogP) is 2.31. The van der Waals surface area contributed by atoms with Crippen molar-refractivity contribution in [3.05, 3.63) is 46.8 Å². The van der Waals surface area contributed by atoms with E-state index in [1.54, 1.807) is 20.8 Å². The molecule has 3 rings (SSSR count). The number of aromatic nitrogens is 5. The molecule has 0 atom stereocenters. The molecule has 1 amide bonds. The summed E-state index contributed by atoms with van der Waals surface area (Å²) in [6, 6.07) is 4.84. The maximum Gasteiger partial charge on any atom is 0.417 e. The van der Waals surface area contributed by atoms with Gasteiger partial charge in [0.25, 0.3) is 5.91 Å². The number of carbonyl (C=O) groups is 1. The van der Waals surface area contributed by atoms with Crippen LogP contribution < -0.4 is 11.2 Å². The Morgan fingerprint density at radius 1 is 1.23 bits per heavy atom. The summed E-state index contributed by atoms with van der Waals surface area (Å²) in [6.45, 7) is 5.39. The van der Waals surface area contributed by atoms with E-state index in [0.717, 1.165) is 12.3 Å². The van der Waals surface area contributed by atoms with E-state index in [2.05, 4.69) is 35.8 Å². The van der Waals surface area contributed by atoms with Crippen molar-refractivity contribution in [1.29, 1.82) is 0 Å². The number of amides is 1. The Bertz CT molecular complexity index is 1100. The van der Waals surface area contributed by atoms with Crippen molar-refractivity contribution in [3.8, 4) is 5.82 Å². The Morgan fingerprint density at radius 3 is 2.53 bits per heavy atom. The lowest BCUT2D eigenvalue weighted by Crippen LogP contribution is -2.26. The predicted molar refractivity (Wildman–Crippen MR) is 98.8 cm³/mol. The first kappa shape index (κ1) is 21.0. The lowest BCUT2D eigenvalue weighted by molar-refractivity contribution is -0.137. The highest BCUT2D eigenvalue weighted by atomic mass is 19.4. The molecule has 0 unspecified atom stereocenters. The van der Waals surface area contributed by atoms with Crippen LogP contribution in [0, 0.1) is 0 Å². The maximum atomic E-state index is 13.1. The molecular formula is C17H17F3N8O2. The van der Waals surface area contributed by atoms with Crippen LogP contribution in [0.3, 0.4) is 0 Å². The third-order valence-corrected chi connectivity index (χ3v) is 3.93. The number of halogens is 3. The number of carbonyl (C=O) groups excluding carboxylic acids is 1. The third-order valence-electron chi connectivity index (χ3n) is 3.93. The Labute approximate surface area is 167 Å². The number of hydrogen-bond acceptors (Lipinski definition) is 8. The van der Waals surface area contributed by atoms with E-state index in [9.17, 15) is 18.0 Å². The van der Waals surface area contributed by atoms with E-state index in [-0.39, 0.29) is 22.9 Å². The van der Waals surface area contributed by atoms with Crippen molar-refractivity contribution >= 4 is 17.9 Å². The molecule has 0 fully saturated rings. The van der Waals surface area contributed by atoms with Crippen LogP contribution in [0.1, 0.15) is 48.1 Å². The van der Waals surface area contributed by atoms with Gasteiger partial charge >= 0.3 is 6.18 Å². The number of hydrogen-bond donors (Lipinski definition) is 2. The fourth-order valence-corrected chi connectivity index (χ4v) is 2.67. The molecule has 10 nitrogen and oxygen atoms in total. The molecule has 30 heavy (non-hydrogen) atoms. The number of nitrogens with two attached hydrogens (primary N) is 1. The number of nitrogens with zero attached hydrogens (tertiary/aromatic N) is 6. The Balaban J connectivity index is 1.90. The van der Waals surface area contributed by atoms with Gasteiger partial charge in [-0.2, -0.15) is 23.0 Å². The van der Waals surface area contributed by atoms with E-state index in [0.29, 0.717) is 5.69 Å². The van der Waals surface area contributed by atoms with Gasteiger partial charge in [0.1, 0.15) is 0 Å². The van der Waals surface area contributed by atoms with E-state index >= 15 is 0 Å². The van der Waals surface area contributed by atoms with Crippen LogP contribution >= 0.6 is 0 Å². The lowest BCUT2D eigenvalue weighted by Gasteiger charge is -2.19. The van der Waals surface area contributed by atoms with Gasteiger partial charge in [0.2, 0.25) is 11.6 Å². The van der Waals surface area contributed by atoms with Gasteiger partial charge < -0.3 is 5.73 Å². The molecule has 0 radical (unpaired) electrons. The van der Waals surface area contributed by atoms with Crippen molar-refractivity contribution < 1.29 is 22.6 Å². The number of nitrogens with one attached hydrogen (secondary N) is 1. The van der Waals surface area contributed by atoms with Gasteiger partial charge in [0.05, 0.1) is 17.5 Å². The quantitative estimate of drug-likeness (QED) is 0.486. The van der Waals surface area contributed by atoms with Gasteiger partial charge in [0.15, 0.2) is 5.69 Å². The van der Waals surface area contributed by atoms with Crippen LogP contribution in [0.5, 0.6) is 0 Å². The van der Waals surface area contributed by atoms with Crippen LogP contribution in [-0.4, -0.2) is 37.4 Å². The normalized spacial score (nSPS) is 12.5. The second-order valence-electron chi connectivity index (χ2n) is 7.21. The van der Waals surface area contributed by atoms with Gasteiger partial charge in [0, 0.05) is 11.0 Å². The molecule has 0 aliphatic rings. The summed E-state index contributed by atoms with van der Waals surface area (Å²) in [5.74, 6) is -0.782. The standard InChI is InChI=1S/C17H17F3N8O2/c1-16(2,3)12-11(23-27-28(12)14-13(21)25-30-26-14)15(29)24-22-8-9-6-4-5-7-10(9)17(18,19)20/h4-8H,1-3H3,(H2,21,25)(H,24,29)/b22-8-. The molecule has 0 aliphatic carbocycles. The number of benzene rings is 1. The number of alkyl halides is 3. The fraction of sp³-hybridized carbons (Fsp3) is 0.294. The molecule has 3 aromatic rings. The molecule has 1 aromatic carbocycles. The number of anilines is 1. The van der Waals surface area contributed by atoms with Crippen molar-refractivity contribution in [2.45, 2.75) is 32.4 Å². The highest BCUT2D eigenvalue weighted by Gasteiger charge is 2.33. The molecular weight excluding hydrogens is 405 g/mol. The summed E-state index contributed by atoms with van der Waals surface area (Å²) >= 11 is 0. The smallest absolute Gasteiger partial charge is 0.378 e. The second kappa shape index (κ2) is 7.57. The van der Waals surface area contributed by atoms with Gasteiger partial charge in [-0.15, -0.1) is 5.10 Å². The molecule has 158 valence electrons. The minimum absolute atomic E-state index is 0.0501. The van der Waals surface area contributed by atoms with Crippen LogP contribution in [0.25, 0.3) is 5.82 Å². The average Bonchev–Trinajstić information content (AvgIpc) is 3.26. The zero-order valence-electron chi connectivity index (χ0n) is 16.1. The molecule has 0 saturated carbocycles. The van der Waals surface area contributed by atoms with Gasteiger partial charge in [-0.25, -0.2) is 10.1 Å². The van der Waals surface area contributed by atoms with E-state index < -0.39 is 23.1 Å². The van der Waals surface area contributed by atoms with Crippen molar-refractivity contribution in [2.24, 2.45) is 5.10 Å². The maximum absolute atomic E-state index is 13.1. The second-order valence-corrected chi connectivity index (χ2v) is 7.21. The number of rotatable bonds is 4. The summed E-state index contributed by atoms with van der Waals surface area (Å²) in [5.41, 5.74) is 6.36. The van der Waals surface area contributed by atoms with E-state index in [1.165, 1.54) is 22.9 Å². The van der Waals surface area contributed by atoms with E-state index in [4.69, 9.17) is 5.73 Å². The molecule has 0 saturated heterocycles. The molecule has 0 bridgehead atoms. The molecule has 0 spiro atoms. The minimum Gasteiger partial charge on any atom is -0.378 e. The first-order chi connectivity index (χ1) is 14.0. The lowest BCUT2D eigenvalue weighted by atomic mass is 9.90. The van der Waals surface area contributed by atoms with Gasteiger partial charge in [-0.05, 0) is 16.4 Å².